The van der Waals surface area contributed by atoms with Crippen molar-refractivity contribution in [3.8, 4) is 0 Å². The van der Waals surface area contributed by atoms with Gasteiger partial charge in [-0.15, -0.1) is 5.10 Å². The monoisotopic (exact) mass is 340 g/mol. The molecule has 2 rings (SSSR count). The number of nitrogens with one attached hydrogen (secondary N) is 2. The third kappa shape index (κ3) is 5.63. The summed E-state index contributed by atoms with van der Waals surface area (Å²) in [5, 5.41) is 15.2. The van der Waals surface area contributed by atoms with E-state index in [9.17, 15) is 0 Å². The molecule has 0 fully saturated rings. The molecule has 2 aromatic rings. The van der Waals surface area contributed by atoms with Crippen molar-refractivity contribution in [2.75, 3.05) is 37.8 Å². The number of nitrogens with zero attached hydrogens (tertiary/aromatic N) is 4. The van der Waals surface area contributed by atoms with Gasteiger partial charge in [0, 0.05) is 22.3 Å². The van der Waals surface area contributed by atoms with E-state index in [1.54, 1.807) is 24.4 Å². The Morgan fingerprint density at radius 1 is 1.14 bits per heavy atom. The van der Waals surface area contributed by atoms with Crippen molar-refractivity contribution in [1.29, 1.82) is 0 Å². The summed E-state index contributed by atoms with van der Waals surface area (Å²) in [6.07, 6.45) is 2.61. The number of hydrogen-bond acceptors (Lipinski definition) is 6. The Labute approximate surface area is 139 Å². The molecule has 0 radical (unpaired) electrons. The summed E-state index contributed by atoms with van der Waals surface area (Å²) in [5.41, 5.74) is 0.712. The standard InChI is InChI=1S/C14H18Cl2N6/c1-22(2)5-3-4-17-13-9-18-21-14(20-13)19-12-7-10(15)6-11(16)8-12/h6-9H,3-5H2,1-2H3,(H2,17,19,20,21). The lowest BCUT2D eigenvalue weighted by Crippen LogP contribution is -2.17. The third-order valence-corrected chi connectivity index (χ3v) is 3.20. The van der Waals surface area contributed by atoms with Gasteiger partial charge >= 0.3 is 0 Å². The number of hydrogen-bond donors (Lipinski definition) is 2. The summed E-state index contributed by atoms with van der Waals surface area (Å²) < 4.78 is 0. The zero-order chi connectivity index (χ0) is 15.9. The molecule has 6 nitrogen and oxygen atoms in total. The van der Waals surface area contributed by atoms with Gasteiger partial charge in [0.1, 0.15) is 0 Å². The quantitative estimate of drug-likeness (QED) is 0.754. The van der Waals surface area contributed by atoms with Crippen molar-refractivity contribution in [3.05, 3.63) is 34.4 Å². The number of anilines is 3. The first-order valence-corrected chi connectivity index (χ1v) is 7.60. The van der Waals surface area contributed by atoms with Gasteiger partial charge in [0.15, 0.2) is 5.82 Å². The SMILES string of the molecule is CN(C)CCCNc1cnnc(Nc2cc(Cl)cc(Cl)c2)n1. The van der Waals surface area contributed by atoms with Gasteiger partial charge < -0.3 is 15.5 Å². The lowest BCUT2D eigenvalue weighted by molar-refractivity contribution is 0.405. The lowest BCUT2D eigenvalue weighted by atomic mass is 10.3. The van der Waals surface area contributed by atoms with E-state index < -0.39 is 0 Å². The van der Waals surface area contributed by atoms with Crippen LogP contribution in [-0.4, -0.2) is 47.3 Å². The Balaban J connectivity index is 1.96. The molecule has 22 heavy (non-hydrogen) atoms. The first kappa shape index (κ1) is 16.7. The molecule has 0 unspecified atom stereocenters. The maximum atomic E-state index is 5.96. The first-order chi connectivity index (χ1) is 10.5. The predicted molar refractivity (Wildman–Crippen MR) is 91.2 cm³/mol. The molecule has 8 heteroatoms. The van der Waals surface area contributed by atoms with Gasteiger partial charge in [-0.3, -0.25) is 0 Å². The van der Waals surface area contributed by atoms with E-state index >= 15 is 0 Å². The predicted octanol–water partition coefficient (Wildman–Crippen LogP) is 3.29. The highest BCUT2D eigenvalue weighted by molar-refractivity contribution is 6.35. The summed E-state index contributed by atoms with van der Waals surface area (Å²) >= 11 is 11.9. The largest absolute Gasteiger partial charge is 0.369 e. The fourth-order valence-corrected chi connectivity index (χ4v) is 2.33. The molecule has 0 amide bonds. The van der Waals surface area contributed by atoms with E-state index in [0.29, 0.717) is 27.5 Å². The molecule has 0 saturated heterocycles. The second-order valence-corrected chi connectivity index (χ2v) is 5.90. The molecular weight excluding hydrogens is 323 g/mol. The summed E-state index contributed by atoms with van der Waals surface area (Å²) in [6.45, 7) is 1.83. The van der Waals surface area contributed by atoms with Crippen LogP contribution in [0.4, 0.5) is 17.5 Å². The molecule has 0 saturated carbocycles. The molecule has 0 aliphatic heterocycles. The van der Waals surface area contributed by atoms with E-state index in [-0.39, 0.29) is 0 Å². The van der Waals surface area contributed by atoms with Gasteiger partial charge in [0.2, 0.25) is 5.95 Å². The Bertz CT molecular complexity index is 600. The average Bonchev–Trinajstić information content (AvgIpc) is 2.43. The van der Waals surface area contributed by atoms with E-state index in [1.165, 1.54) is 0 Å². The highest BCUT2D eigenvalue weighted by Gasteiger charge is 2.03. The molecule has 0 bridgehead atoms. The van der Waals surface area contributed by atoms with Crippen molar-refractivity contribution in [3.63, 3.8) is 0 Å². The molecule has 2 N–H and O–H groups in total. The maximum absolute atomic E-state index is 5.96. The van der Waals surface area contributed by atoms with Crippen molar-refractivity contribution >= 4 is 40.7 Å². The molecule has 1 aromatic heterocycles. The molecular formula is C14H18Cl2N6. The van der Waals surface area contributed by atoms with Crippen LogP contribution in [0.3, 0.4) is 0 Å². The fraction of sp³-hybridized carbons (Fsp3) is 0.357. The van der Waals surface area contributed by atoms with Crippen LogP contribution in [0.5, 0.6) is 0 Å². The normalized spacial score (nSPS) is 10.8. The number of halogens is 2. The topological polar surface area (TPSA) is 66.0 Å². The van der Waals surface area contributed by atoms with Gasteiger partial charge in [0.25, 0.3) is 0 Å². The highest BCUT2D eigenvalue weighted by atomic mass is 35.5. The molecule has 0 aliphatic carbocycles. The minimum Gasteiger partial charge on any atom is -0.369 e. The van der Waals surface area contributed by atoms with E-state index in [1.807, 2.05) is 14.1 Å². The van der Waals surface area contributed by atoms with Crippen LogP contribution < -0.4 is 10.6 Å². The minimum absolute atomic E-state index is 0.385. The van der Waals surface area contributed by atoms with Crippen LogP contribution in [-0.2, 0) is 0 Å². The van der Waals surface area contributed by atoms with Gasteiger partial charge in [-0.1, -0.05) is 23.2 Å². The van der Waals surface area contributed by atoms with Crippen LogP contribution in [0.25, 0.3) is 0 Å². The number of benzene rings is 1. The summed E-state index contributed by atoms with van der Waals surface area (Å²) in [4.78, 5) is 6.48. The second kappa shape index (κ2) is 8.12. The Morgan fingerprint density at radius 2 is 1.86 bits per heavy atom. The number of aromatic nitrogens is 3. The Hall–Kier alpha value is -1.63. The van der Waals surface area contributed by atoms with Crippen molar-refractivity contribution in [1.82, 2.24) is 20.1 Å². The number of rotatable bonds is 7. The fourth-order valence-electron chi connectivity index (χ4n) is 1.81. The first-order valence-electron chi connectivity index (χ1n) is 6.84. The summed E-state index contributed by atoms with van der Waals surface area (Å²) in [7, 11) is 4.09. The van der Waals surface area contributed by atoms with Crippen molar-refractivity contribution in [2.45, 2.75) is 6.42 Å². The van der Waals surface area contributed by atoms with Crippen molar-refractivity contribution < 1.29 is 0 Å². The molecule has 1 aromatic carbocycles. The maximum Gasteiger partial charge on any atom is 0.249 e. The van der Waals surface area contributed by atoms with E-state index in [4.69, 9.17) is 23.2 Å². The minimum atomic E-state index is 0.385. The van der Waals surface area contributed by atoms with Gasteiger partial charge in [0.05, 0.1) is 6.20 Å². The molecule has 0 atom stereocenters. The smallest absolute Gasteiger partial charge is 0.249 e. The second-order valence-electron chi connectivity index (χ2n) is 5.03. The van der Waals surface area contributed by atoms with Gasteiger partial charge in [-0.2, -0.15) is 10.1 Å². The molecule has 118 valence electrons. The zero-order valence-corrected chi connectivity index (χ0v) is 14.0. The van der Waals surface area contributed by atoms with Crippen LogP contribution in [0.2, 0.25) is 10.0 Å². The van der Waals surface area contributed by atoms with E-state index in [0.717, 1.165) is 19.5 Å². The average molecular weight is 341 g/mol. The van der Waals surface area contributed by atoms with Gasteiger partial charge in [-0.25, -0.2) is 0 Å². The van der Waals surface area contributed by atoms with Crippen LogP contribution >= 0.6 is 23.2 Å². The molecule has 0 aliphatic rings. The Morgan fingerprint density at radius 3 is 2.55 bits per heavy atom. The summed E-state index contributed by atoms with van der Waals surface area (Å²) in [6, 6.07) is 5.15. The van der Waals surface area contributed by atoms with Crippen LogP contribution in [0, 0.1) is 0 Å². The van der Waals surface area contributed by atoms with Crippen molar-refractivity contribution in [2.24, 2.45) is 0 Å². The zero-order valence-electron chi connectivity index (χ0n) is 12.5. The lowest BCUT2D eigenvalue weighted by Gasteiger charge is -2.10. The third-order valence-electron chi connectivity index (χ3n) is 2.77. The summed E-state index contributed by atoms with van der Waals surface area (Å²) in [5.74, 6) is 1.06. The molecule has 1 heterocycles. The van der Waals surface area contributed by atoms with Crippen LogP contribution in [0.15, 0.2) is 24.4 Å². The van der Waals surface area contributed by atoms with Gasteiger partial charge in [-0.05, 0) is 45.3 Å². The van der Waals surface area contributed by atoms with Crippen LogP contribution in [0.1, 0.15) is 6.42 Å². The molecule has 0 spiro atoms. The highest BCUT2D eigenvalue weighted by Crippen LogP contribution is 2.24. The van der Waals surface area contributed by atoms with E-state index in [2.05, 4.69) is 30.7 Å². The Kier molecular flexibility index (Phi) is 6.18.